The second-order valence-electron chi connectivity index (χ2n) is 8.94. The fourth-order valence-corrected chi connectivity index (χ4v) is 3.78. The molecule has 0 saturated carbocycles. The molecule has 182 valence electrons. The molecule has 1 fully saturated rings. The molecule has 1 amide bonds. The molecule has 3 aromatic heterocycles. The van der Waals surface area contributed by atoms with Crippen molar-refractivity contribution in [1.82, 2.24) is 19.9 Å². The number of methoxy groups -OCH3 is 1. The van der Waals surface area contributed by atoms with Crippen molar-refractivity contribution in [3.63, 3.8) is 0 Å². The highest BCUT2D eigenvalue weighted by molar-refractivity contribution is 6.03. The maximum absolute atomic E-state index is 14.2. The van der Waals surface area contributed by atoms with Crippen LogP contribution in [-0.2, 0) is 4.74 Å². The number of anilines is 1. The van der Waals surface area contributed by atoms with Crippen LogP contribution in [0.15, 0.2) is 36.8 Å². The quantitative estimate of drug-likeness (QED) is 0.463. The average Bonchev–Trinajstić information content (AvgIpc) is 3.27. The maximum Gasteiger partial charge on any atom is 0.255 e. The van der Waals surface area contributed by atoms with E-state index in [2.05, 4.69) is 20.7 Å². The topological polar surface area (TPSA) is 110 Å². The molecule has 3 N–H and O–H groups in total. The van der Waals surface area contributed by atoms with Crippen LogP contribution in [0.4, 0.5) is 10.1 Å². The Hall–Kier alpha value is -3.24. The number of amides is 1. The van der Waals surface area contributed by atoms with Gasteiger partial charge in [0, 0.05) is 48.8 Å². The van der Waals surface area contributed by atoms with E-state index in [1.807, 2.05) is 18.3 Å². The fourth-order valence-electron chi connectivity index (χ4n) is 3.78. The number of carbonyl (C=O) groups excluding carboxylic acids is 1. The fraction of sp³-hybridized carbons (Fsp3) is 0.458. The number of fused-ring (bicyclic) bond motifs is 1. The minimum absolute atomic E-state index is 0.123. The van der Waals surface area contributed by atoms with E-state index in [1.54, 1.807) is 23.9 Å². The summed E-state index contributed by atoms with van der Waals surface area (Å²) in [5.41, 5.74) is 1.83. The number of ether oxygens (including phenoxy) is 2. The molecule has 34 heavy (non-hydrogen) atoms. The molecule has 1 saturated heterocycles. The highest BCUT2D eigenvalue weighted by Gasteiger charge is 2.28. The molecule has 0 radical (unpaired) electrons. The van der Waals surface area contributed by atoms with E-state index in [0.717, 1.165) is 24.0 Å². The van der Waals surface area contributed by atoms with Gasteiger partial charge < -0.3 is 25.2 Å². The summed E-state index contributed by atoms with van der Waals surface area (Å²) >= 11 is 0. The van der Waals surface area contributed by atoms with Gasteiger partial charge in [0.15, 0.2) is 0 Å². The molecule has 0 bridgehead atoms. The van der Waals surface area contributed by atoms with E-state index in [-0.39, 0.29) is 12.6 Å². The standard InChI is InChI=1S/C24H30FN5O4/c1-24(2,32)20(25)13-27-23(31)18-12-28-30-14-16(15-4-5-21(33-3)26-11-15)10-19(30)22(18)29-17-6-8-34-9-7-17/h4-5,10-12,14,17,20,29,32H,6-9,13H2,1-3H3,(H,27,31). The van der Waals surface area contributed by atoms with Gasteiger partial charge in [-0.1, -0.05) is 0 Å². The van der Waals surface area contributed by atoms with Crippen molar-refractivity contribution in [1.29, 1.82) is 0 Å². The number of nitrogens with zero attached hydrogens (tertiary/aromatic N) is 3. The molecule has 4 rings (SSSR count). The molecule has 9 nitrogen and oxygen atoms in total. The number of aliphatic hydroxyl groups is 1. The Morgan fingerprint density at radius 3 is 2.74 bits per heavy atom. The molecule has 3 aromatic rings. The first kappa shape index (κ1) is 23.9. The third-order valence-electron chi connectivity index (χ3n) is 5.94. The summed E-state index contributed by atoms with van der Waals surface area (Å²) in [5, 5.41) is 20.3. The first-order chi connectivity index (χ1) is 16.3. The predicted molar refractivity (Wildman–Crippen MR) is 126 cm³/mol. The van der Waals surface area contributed by atoms with Crippen LogP contribution in [0.25, 0.3) is 16.6 Å². The molecule has 1 atom stereocenters. The van der Waals surface area contributed by atoms with Crippen LogP contribution in [0.5, 0.6) is 5.88 Å². The first-order valence-corrected chi connectivity index (χ1v) is 11.3. The molecule has 10 heteroatoms. The minimum atomic E-state index is -1.61. The molecule has 1 aliphatic heterocycles. The summed E-state index contributed by atoms with van der Waals surface area (Å²) in [4.78, 5) is 17.3. The SMILES string of the molecule is COc1ccc(-c2cc3c(NC4CCOCC4)c(C(=O)NCC(F)C(C)(C)O)cnn3c2)cn1. The minimum Gasteiger partial charge on any atom is -0.481 e. The van der Waals surface area contributed by atoms with Gasteiger partial charge in [-0.25, -0.2) is 13.9 Å². The van der Waals surface area contributed by atoms with Gasteiger partial charge in [0.2, 0.25) is 5.88 Å². The molecule has 0 spiro atoms. The van der Waals surface area contributed by atoms with Gasteiger partial charge in [-0.05, 0) is 38.8 Å². The number of pyridine rings is 1. The van der Waals surface area contributed by atoms with Crippen molar-refractivity contribution >= 4 is 17.1 Å². The van der Waals surface area contributed by atoms with E-state index in [4.69, 9.17) is 9.47 Å². The van der Waals surface area contributed by atoms with E-state index in [1.165, 1.54) is 20.0 Å². The molecule has 0 aliphatic carbocycles. The van der Waals surface area contributed by atoms with Gasteiger partial charge in [-0.2, -0.15) is 5.10 Å². The van der Waals surface area contributed by atoms with Crippen LogP contribution in [0, 0.1) is 0 Å². The summed E-state index contributed by atoms with van der Waals surface area (Å²) in [6, 6.07) is 5.74. The lowest BCUT2D eigenvalue weighted by Crippen LogP contribution is -2.42. The van der Waals surface area contributed by atoms with Crippen LogP contribution in [0.3, 0.4) is 0 Å². The highest BCUT2D eigenvalue weighted by Crippen LogP contribution is 2.30. The number of rotatable bonds is 8. The van der Waals surface area contributed by atoms with Crippen LogP contribution < -0.4 is 15.4 Å². The highest BCUT2D eigenvalue weighted by atomic mass is 19.1. The van der Waals surface area contributed by atoms with E-state index in [0.29, 0.717) is 35.9 Å². The van der Waals surface area contributed by atoms with Crippen LogP contribution in [0.2, 0.25) is 0 Å². The Morgan fingerprint density at radius 1 is 1.32 bits per heavy atom. The van der Waals surface area contributed by atoms with Crippen molar-refractivity contribution in [3.05, 3.63) is 42.4 Å². The number of hydrogen-bond donors (Lipinski definition) is 3. The Morgan fingerprint density at radius 2 is 2.09 bits per heavy atom. The van der Waals surface area contributed by atoms with Crippen molar-refractivity contribution < 1.29 is 23.8 Å². The van der Waals surface area contributed by atoms with E-state index >= 15 is 0 Å². The molecule has 0 aromatic carbocycles. The molecular formula is C24H30FN5O4. The number of carbonyl (C=O) groups is 1. The lowest BCUT2D eigenvalue weighted by molar-refractivity contribution is -0.00177. The van der Waals surface area contributed by atoms with E-state index in [9.17, 15) is 14.3 Å². The Bertz CT molecular complexity index is 1140. The number of nitrogens with one attached hydrogen (secondary N) is 2. The number of alkyl halides is 1. The second-order valence-corrected chi connectivity index (χ2v) is 8.94. The lowest BCUT2D eigenvalue weighted by atomic mass is 10.0. The number of halogens is 1. The third-order valence-corrected chi connectivity index (χ3v) is 5.94. The van der Waals surface area contributed by atoms with Crippen LogP contribution >= 0.6 is 0 Å². The summed E-state index contributed by atoms with van der Waals surface area (Å²) in [5.74, 6) is 0.0500. The van der Waals surface area contributed by atoms with E-state index < -0.39 is 17.7 Å². The third kappa shape index (κ3) is 5.28. The van der Waals surface area contributed by atoms with Gasteiger partial charge in [-0.3, -0.25) is 4.79 Å². The monoisotopic (exact) mass is 471 g/mol. The smallest absolute Gasteiger partial charge is 0.255 e. The zero-order chi connectivity index (χ0) is 24.3. The van der Waals surface area contributed by atoms with Crippen molar-refractivity contribution in [3.8, 4) is 17.0 Å². The Balaban J connectivity index is 1.68. The van der Waals surface area contributed by atoms with Gasteiger partial charge in [-0.15, -0.1) is 0 Å². The second kappa shape index (κ2) is 9.94. The lowest BCUT2D eigenvalue weighted by Gasteiger charge is -2.26. The number of aromatic nitrogens is 3. The predicted octanol–water partition coefficient (Wildman–Crippen LogP) is 2.83. The van der Waals surface area contributed by atoms with Gasteiger partial charge in [0.1, 0.15) is 6.17 Å². The first-order valence-electron chi connectivity index (χ1n) is 11.3. The summed E-state index contributed by atoms with van der Waals surface area (Å²) < 4.78 is 26.5. The van der Waals surface area contributed by atoms with Crippen LogP contribution in [-0.4, -0.2) is 70.3 Å². The van der Waals surface area contributed by atoms with Gasteiger partial charge in [0.05, 0.1) is 42.2 Å². The normalized spacial score (nSPS) is 15.8. The molecular weight excluding hydrogens is 441 g/mol. The van der Waals surface area contributed by atoms with Gasteiger partial charge >= 0.3 is 0 Å². The van der Waals surface area contributed by atoms with Crippen LogP contribution in [0.1, 0.15) is 37.0 Å². The largest absolute Gasteiger partial charge is 0.481 e. The zero-order valence-corrected chi connectivity index (χ0v) is 19.5. The number of hydrogen-bond acceptors (Lipinski definition) is 7. The van der Waals surface area contributed by atoms with Crippen molar-refractivity contribution in [2.45, 2.75) is 44.5 Å². The maximum atomic E-state index is 14.2. The van der Waals surface area contributed by atoms with Crippen molar-refractivity contribution in [2.75, 3.05) is 32.2 Å². The average molecular weight is 472 g/mol. The molecule has 1 aliphatic rings. The van der Waals surface area contributed by atoms with Gasteiger partial charge in [0.25, 0.3) is 5.91 Å². The molecule has 1 unspecified atom stereocenters. The molecule has 4 heterocycles. The summed E-state index contributed by atoms with van der Waals surface area (Å²) in [6.45, 7) is 3.70. The zero-order valence-electron chi connectivity index (χ0n) is 19.5. The summed E-state index contributed by atoms with van der Waals surface area (Å²) in [7, 11) is 1.56. The van der Waals surface area contributed by atoms with Crippen molar-refractivity contribution in [2.24, 2.45) is 0 Å². The Kier molecular flexibility index (Phi) is 6.99. The summed E-state index contributed by atoms with van der Waals surface area (Å²) in [6.07, 6.45) is 5.04. The Labute approximate surface area is 197 Å².